The van der Waals surface area contributed by atoms with Crippen LogP contribution in [0, 0.1) is 13.8 Å². The maximum Gasteiger partial charge on any atom is 0.337 e. The number of aromatic carboxylic acids is 1. The molecule has 0 saturated heterocycles. The summed E-state index contributed by atoms with van der Waals surface area (Å²) >= 11 is 0. The van der Waals surface area contributed by atoms with Gasteiger partial charge in [0.1, 0.15) is 0 Å². The molecule has 1 aromatic carbocycles. The molecule has 0 aliphatic rings. The van der Waals surface area contributed by atoms with Crippen LogP contribution in [0.3, 0.4) is 0 Å². The Kier molecular flexibility index (Phi) is 3.29. The Morgan fingerprint density at radius 3 is 2.19 bits per heavy atom. The van der Waals surface area contributed by atoms with Crippen molar-refractivity contribution >= 4 is 11.9 Å². The van der Waals surface area contributed by atoms with Gasteiger partial charge in [0.15, 0.2) is 6.10 Å². The predicted octanol–water partition coefficient (Wildman–Crippen LogP) is 1.12. The Hall–Kier alpha value is -1.88. The third-order valence-electron chi connectivity index (χ3n) is 2.48. The lowest BCUT2D eigenvalue weighted by Gasteiger charge is -2.13. The molecule has 0 radical (unpaired) electrons. The van der Waals surface area contributed by atoms with Gasteiger partial charge < -0.3 is 15.3 Å². The number of carboxylic acids is 2. The van der Waals surface area contributed by atoms with Crippen LogP contribution in [-0.2, 0) is 4.79 Å². The summed E-state index contributed by atoms with van der Waals surface area (Å²) in [6.07, 6.45) is -1.70. The molecule has 5 nitrogen and oxygen atoms in total. The molecule has 16 heavy (non-hydrogen) atoms. The Bertz CT molecular complexity index is 450. The standard InChI is InChI=1S/C11H12O5/c1-5-3-7(10(13)14)4-8(6(5)2)9(12)11(15)16/h3-4,9,12H,1-2H3,(H,13,14)(H,15,16). The molecule has 0 aliphatic heterocycles. The van der Waals surface area contributed by atoms with E-state index in [9.17, 15) is 14.7 Å². The van der Waals surface area contributed by atoms with Crippen LogP contribution < -0.4 is 0 Å². The normalized spacial score (nSPS) is 12.2. The van der Waals surface area contributed by atoms with Gasteiger partial charge in [0.2, 0.25) is 0 Å². The second-order valence-corrected chi connectivity index (χ2v) is 3.55. The maximum absolute atomic E-state index is 10.8. The van der Waals surface area contributed by atoms with Crippen molar-refractivity contribution in [1.29, 1.82) is 0 Å². The number of hydrogen-bond donors (Lipinski definition) is 3. The predicted molar refractivity (Wildman–Crippen MR) is 55.5 cm³/mol. The molecular formula is C11H12O5. The summed E-state index contributed by atoms with van der Waals surface area (Å²) in [4.78, 5) is 21.4. The van der Waals surface area contributed by atoms with E-state index in [1.54, 1.807) is 13.8 Å². The Labute approximate surface area is 92.0 Å². The molecule has 86 valence electrons. The van der Waals surface area contributed by atoms with Gasteiger partial charge in [-0.3, -0.25) is 0 Å². The monoisotopic (exact) mass is 224 g/mol. The zero-order chi connectivity index (χ0) is 12.5. The molecular weight excluding hydrogens is 212 g/mol. The minimum absolute atomic E-state index is 0.0293. The van der Waals surface area contributed by atoms with Gasteiger partial charge in [-0.25, -0.2) is 9.59 Å². The molecule has 0 saturated carbocycles. The van der Waals surface area contributed by atoms with Crippen molar-refractivity contribution in [2.75, 3.05) is 0 Å². The zero-order valence-corrected chi connectivity index (χ0v) is 8.89. The molecule has 1 atom stereocenters. The van der Waals surface area contributed by atoms with Crippen LogP contribution in [0.5, 0.6) is 0 Å². The van der Waals surface area contributed by atoms with Crippen molar-refractivity contribution in [3.8, 4) is 0 Å². The van der Waals surface area contributed by atoms with Crippen molar-refractivity contribution in [2.24, 2.45) is 0 Å². The molecule has 0 amide bonds. The third kappa shape index (κ3) is 2.20. The van der Waals surface area contributed by atoms with Crippen LogP contribution >= 0.6 is 0 Å². The first-order valence-electron chi connectivity index (χ1n) is 4.60. The van der Waals surface area contributed by atoms with Crippen molar-refractivity contribution in [2.45, 2.75) is 20.0 Å². The highest BCUT2D eigenvalue weighted by Gasteiger charge is 2.20. The molecule has 1 unspecified atom stereocenters. The van der Waals surface area contributed by atoms with E-state index in [2.05, 4.69) is 0 Å². The number of benzene rings is 1. The largest absolute Gasteiger partial charge is 0.479 e. The number of rotatable bonds is 3. The summed E-state index contributed by atoms with van der Waals surface area (Å²) in [7, 11) is 0. The fraction of sp³-hybridized carbons (Fsp3) is 0.273. The average molecular weight is 224 g/mol. The molecule has 0 bridgehead atoms. The van der Waals surface area contributed by atoms with Gasteiger partial charge in [0, 0.05) is 0 Å². The smallest absolute Gasteiger partial charge is 0.337 e. The molecule has 0 spiro atoms. The Morgan fingerprint density at radius 1 is 1.19 bits per heavy atom. The average Bonchev–Trinajstić information content (AvgIpc) is 2.20. The second-order valence-electron chi connectivity index (χ2n) is 3.55. The van der Waals surface area contributed by atoms with Gasteiger partial charge in [-0.05, 0) is 42.7 Å². The topological polar surface area (TPSA) is 94.8 Å². The molecule has 0 aromatic heterocycles. The lowest BCUT2D eigenvalue weighted by molar-refractivity contribution is -0.147. The summed E-state index contributed by atoms with van der Waals surface area (Å²) < 4.78 is 0. The number of aryl methyl sites for hydroxylation is 1. The first kappa shape index (κ1) is 12.2. The minimum atomic E-state index is -1.70. The molecule has 5 heteroatoms. The lowest BCUT2D eigenvalue weighted by Crippen LogP contribution is -2.13. The molecule has 3 N–H and O–H groups in total. The van der Waals surface area contributed by atoms with Crippen LogP contribution in [0.25, 0.3) is 0 Å². The quantitative estimate of drug-likeness (QED) is 0.715. The molecule has 1 aromatic rings. The van der Waals surface area contributed by atoms with E-state index >= 15 is 0 Å². The van der Waals surface area contributed by atoms with E-state index in [0.717, 1.165) is 0 Å². The number of carbonyl (C=O) groups is 2. The van der Waals surface area contributed by atoms with Crippen LogP contribution in [0.1, 0.15) is 33.2 Å². The van der Waals surface area contributed by atoms with Gasteiger partial charge in [0.05, 0.1) is 5.56 Å². The van der Waals surface area contributed by atoms with Crippen molar-refractivity contribution in [3.05, 3.63) is 34.4 Å². The first-order chi connectivity index (χ1) is 7.34. The van der Waals surface area contributed by atoms with Gasteiger partial charge in [0.25, 0.3) is 0 Å². The van der Waals surface area contributed by atoms with Gasteiger partial charge in [-0.15, -0.1) is 0 Å². The molecule has 0 aliphatic carbocycles. The van der Waals surface area contributed by atoms with Gasteiger partial charge >= 0.3 is 11.9 Å². The van der Waals surface area contributed by atoms with E-state index in [1.165, 1.54) is 12.1 Å². The third-order valence-corrected chi connectivity index (χ3v) is 2.48. The van der Waals surface area contributed by atoms with Crippen molar-refractivity contribution in [3.63, 3.8) is 0 Å². The number of aliphatic hydroxyl groups is 1. The molecule has 1 rings (SSSR count). The summed E-state index contributed by atoms with van der Waals surface area (Å²) in [5, 5.41) is 26.9. The first-order valence-corrected chi connectivity index (χ1v) is 4.60. The second kappa shape index (κ2) is 4.32. The highest BCUT2D eigenvalue weighted by Crippen LogP contribution is 2.23. The fourth-order valence-corrected chi connectivity index (χ4v) is 1.43. The van der Waals surface area contributed by atoms with E-state index in [4.69, 9.17) is 10.2 Å². The number of aliphatic carboxylic acids is 1. The summed E-state index contributed by atoms with van der Waals surface area (Å²) in [5.74, 6) is -2.55. The van der Waals surface area contributed by atoms with Gasteiger partial charge in [-0.1, -0.05) is 0 Å². The summed E-state index contributed by atoms with van der Waals surface area (Å²) in [6, 6.07) is 2.62. The minimum Gasteiger partial charge on any atom is -0.479 e. The van der Waals surface area contributed by atoms with Gasteiger partial charge in [-0.2, -0.15) is 0 Å². The number of aliphatic hydroxyl groups excluding tert-OH is 1. The van der Waals surface area contributed by atoms with Crippen LogP contribution in [-0.4, -0.2) is 27.3 Å². The highest BCUT2D eigenvalue weighted by molar-refractivity contribution is 5.89. The summed E-state index contributed by atoms with van der Waals surface area (Å²) in [5.41, 5.74) is 1.30. The van der Waals surface area contributed by atoms with E-state index in [1.807, 2.05) is 0 Å². The van der Waals surface area contributed by atoms with Crippen LogP contribution in [0.15, 0.2) is 12.1 Å². The number of carboxylic acid groups (broad SMARTS) is 2. The molecule has 0 fully saturated rings. The van der Waals surface area contributed by atoms with Crippen molar-refractivity contribution < 1.29 is 24.9 Å². The molecule has 0 heterocycles. The summed E-state index contributed by atoms with van der Waals surface area (Å²) in [6.45, 7) is 3.31. The van der Waals surface area contributed by atoms with Crippen LogP contribution in [0.4, 0.5) is 0 Å². The van der Waals surface area contributed by atoms with Crippen molar-refractivity contribution in [1.82, 2.24) is 0 Å². The highest BCUT2D eigenvalue weighted by atomic mass is 16.4. The Balaban J connectivity index is 3.37. The van der Waals surface area contributed by atoms with E-state index in [-0.39, 0.29) is 11.1 Å². The number of hydrogen-bond acceptors (Lipinski definition) is 3. The Morgan fingerprint density at radius 2 is 1.75 bits per heavy atom. The van der Waals surface area contributed by atoms with E-state index in [0.29, 0.717) is 11.1 Å². The zero-order valence-electron chi connectivity index (χ0n) is 8.89. The van der Waals surface area contributed by atoms with Crippen LogP contribution in [0.2, 0.25) is 0 Å². The van der Waals surface area contributed by atoms with E-state index < -0.39 is 18.0 Å². The SMILES string of the molecule is Cc1cc(C(=O)O)cc(C(O)C(=O)O)c1C. The maximum atomic E-state index is 10.8. The fourth-order valence-electron chi connectivity index (χ4n) is 1.43. The lowest BCUT2D eigenvalue weighted by atomic mass is 9.96.